The van der Waals surface area contributed by atoms with Crippen LogP contribution >= 0.6 is 0 Å². The second kappa shape index (κ2) is 6.84. The van der Waals surface area contributed by atoms with Gasteiger partial charge in [0.15, 0.2) is 5.71 Å². The van der Waals surface area contributed by atoms with Crippen molar-refractivity contribution in [3.05, 3.63) is 96.1 Å². The predicted octanol–water partition coefficient (Wildman–Crippen LogP) is 4.07. The molecule has 0 aliphatic carbocycles. The van der Waals surface area contributed by atoms with Crippen molar-refractivity contribution in [3.63, 3.8) is 0 Å². The fourth-order valence-corrected chi connectivity index (χ4v) is 3.11. The maximum absolute atomic E-state index is 12.7. The van der Waals surface area contributed by atoms with Crippen LogP contribution < -0.4 is 9.91 Å². The Morgan fingerprint density at radius 3 is 2.19 bits per heavy atom. The summed E-state index contributed by atoms with van der Waals surface area (Å²) in [5, 5.41) is 6.66. The molecule has 3 aromatic carbocycles. The van der Waals surface area contributed by atoms with Crippen molar-refractivity contribution in [2.75, 3.05) is 17.0 Å². The van der Waals surface area contributed by atoms with Crippen LogP contribution in [0.2, 0.25) is 0 Å². The summed E-state index contributed by atoms with van der Waals surface area (Å²) in [6, 6.07) is 27.8. The Morgan fingerprint density at radius 2 is 1.46 bits per heavy atom. The molecule has 0 atom stereocenters. The van der Waals surface area contributed by atoms with E-state index in [0.717, 1.165) is 22.5 Å². The van der Waals surface area contributed by atoms with Gasteiger partial charge in [0.2, 0.25) is 0 Å². The quantitative estimate of drug-likeness (QED) is 0.671. The Labute approximate surface area is 153 Å². The molecule has 4 nitrogen and oxygen atoms in total. The van der Waals surface area contributed by atoms with E-state index in [1.54, 1.807) is 11.9 Å². The standard InChI is InChI=1S/C22H19N3O/c1-24-20-15-9-8-14-19(20)21(22(24)26)23-25(18-12-6-3-7-13-18)16-17-10-4-2-5-11-17/h2-15H,16H2,1H3/b23-21+. The number of carbonyl (C=O) groups is 1. The van der Waals surface area contributed by atoms with Crippen LogP contribution in [-0.4, -0.2) is 18.7 Å². The molecule has 0 spiro atoms. The number of hydrazone groups is 1. The van der Waals surface area contributed by atoms with Gasteiger partial charge in [-0.1, -0.05) is 66.7 Å². The van der Waals surface area contributed by atoms with E-state index in [0.29, 0.717) is 12.3 Å². The molecule has 0 bridgehead atoms. The van der Waals surface area contributed by atoms with E-state index in [-0.39, 0.29) is 5.91 Å². The fourth-order valence-electron chi connectivity index (χ4n) is 3.11. The van der Waals surface area contributed by atoms with Gasteiger partial charge in [0.1, 0.15) is 0 Å². The minimum Gasteiger partial charge on any atom is -0.309 e. The van der Waals surface area contributed by atoms with E-state index >= 15 is 0 Å². The van der Waals surface area contributed by atoms with Crippen LogP contribution in [0.15, 0.2) is 90.0 Å². The number of fused-ring (bicyclic) bond motifs is 1. The molecule has 1 amide bonds. The van der Waals surface area contributed by atoms with Crippen molar-refractivity contribution in [1.82, 2.24) is 0 Å². The van der Waals surface area contributed by atoms with Crippen molar-refractivity contribution in [2.45, 2.75) is 6.54 Å². The van der Waals surface area contributed by atoms with Gasteiger partial charge in [-0.15, -0.1) is 0 Å². The third kappa shape index (κ3) is 2.97. The van der Waals surface area contributed by atoms with E-state index in [1.807, 2.05) is 77.8 Å². The van der Waals surface area contributed by atoms with Crippen molar-refractivity contribution < 1.29 is 4.79 Å². The zero-order chi connectivity index (χ0) is 17.9. The SMILES string of the molecule is CN1C(=O)/C(=N/N(Cc2ccccc2)c2ccccc2)c2ccccc21. The average molecular weight is 341 g/mol. The van der Waals surface area contributed by atoms with E-state index < -0.39 is 0 Å². The first-order chi connectivity index (χ1) is 12.7. The van der Waals surface area contributed by atoms with Crippen molar-refractivity contribution in [1.29, 1.82) is 0 Å². The predicted molar refractivity (Wildman–Crippen MR) is 105 cm³/mol. The number of hydrogen-bond donors (Lipinski definition) is 0. The summed E-state index contributed by atoms with van der Waals surface area (Å²) in [7, 11) is 1.79. The first-order valence-corrected chi connectivity index (χ1v) is 8.56. The van der Waals surface area contributed by atoms with Crippen LogP contribution in [0, 0.1) is 0 Å². The molecule has 0 radical (unpaired) electrons. The van der Waals surface area contributed by atoms with Gasteiger partial charge >= 0.3 is 0 Å². The van der Waals surface area contributed by atoms with Gasteiger partial charge in [-0.2, -0.15) is 5.10 Å². The van der Waals surface area contributed by atoms with Crippen LogP contribution in [0.25, 0.3) is 0 Å². The lowest BCUT2D eigenvalue weighted by Gasteiger charge is -2.20. The highest BCUT2D eigenvalue weighted by Crippen LogP contribution is 2.29. The fraction of sp³-hybridized carbons (Fsp3) is 0.0909. The lowest BCUT2D eigenvalue weighted by Crippen LogP contribution is -2.28. The Kier molecular flexibility index (Phi) is 4.23. The third-order valence-electron chi connectivity index (χ3n) is 4.48. The molecular weight excluding hydrogens is 322 g/mol. The second-order valence-corrected chi connectivity index (χ2v) is 6.21. The van der Waals surface area contributed by atoms with E-state index in [1.165, 1.54) is 0 Å². The van der Waals surface area contributed by atoms with Gasteiger partial charge < -0.3 is 4.90 Å². The molecule has 0 saturated carbocycles. The summed E-state index contributed by atoms with van der Waals surface area (Å²) in [5.41, 5.74) is 4.32. The molecule has 3 aromatic rings. The zero-order valence-electron chi connectivity index (χ0n) is 14.5. The molecule has 0 aromatic heterocycles. The molecule has 0 unspecified atom stereocenters. The molecule has 26 heavy (non-hydrogen) atoms. The molecular formula is C22H19N3O. The van der Waals surface area contributed by atoms with Gasteiger partial charge in [-0.25, -0.2) is 0 Å². The molecule has 1 aliphatic rings. The van der Waals surface area contributed by atoms with Gasteiger partial charge in [0, 0.05) is 12.6 Å². The number of carbonyl (C=O) groups excluding carboxylic acids is 1. The van der Waals surface area contributed by atoms with E-state index in [2.05, 4.69) is 12.1 Å². The minimum atomic E-state index is -0.0832. The lowest BCUT2D eigenvalue weighted by molar-refractivity contribution is -0.111. The summed E-state index contributed by atoms with van der Waals surface area (Å²) in [5.74, 6) is -0.0832. The molecule has 0 saturated heterocycles. The molecule has 1 aliphatic heterocycles. The van der Waals surface area contributed by atoms with Gasteiger partial charge in [-0.05, 0) is 23.8 Å². The summed E-state index contributed by atoms with van der Waals surface area (Å²) >= 11 is 0. The smallest absolute Gasteiger partial charge is 0.279 e. The molecule has 128 valence electrons. The Hall–Kier alpha value is -3.40. The van der Waals surface area contributed by atoms with Crippen LogP contribution in [0.1, 0.15) is 11.1 Å². The molecule has 0 N–H and O–H groups in total. The third-order valence-corrected chi connectivity index (χ3v) is 4.48. The van der Waals surface area contributed by atoms with Gasteiger partial charge in [0.05, 0.1) is 17.9 Å². The van der Waals surface area contributed by atoms with E-state index in [4.69, 9.17) is 5.10 Å². The summed E-state index contributed by atoms with van der Waals surface area (Å²) in [4.78, 5) is 14.4. The Bertz CT molecular complexity index is 951. The molecule has 4 rings (SSSR count). The monoisotopic (exact) mass is 341 g/mol. The highest BCUT2D eigenvalue weighted by Gasteiger charge is 2.31. The molecule has 4 heteroatoms. The van der Waals surface area contributed by atoms with Crippen LogP contribution in [0.4, 0.5) is 11.4 Å². The first-order valence-electron chi connectivity index (χ1n) is 8.56. The number of likely N-dealkylation sites (N-methyl/N-ethyl adjacent to an activating group) is 1. The van der Waals surface area contributed by atoms with Crippen LogP contribution in [0.5, 0.6) is 0 Å². The highest BCUT2D eigenvalue weighted by molar-refractivity contribution is 6.54. The summed E-state index contributed by atoms with van der Waals surface area (Å²) in [6.45, 7) is 0.591. The van der Waals surface area contributed by atoms with E-state index in [9.17, 15) is 4.79 Å². The number of rotatable bonds is 4. The first kappa shape index (κ1) is 16.1. The topological polar surface area (TPSA) is 35.9 Å². The minimum absolute atomic E-state index is 0.0832. The highest BCUT2D eigenvalue weighted by atomic mass is 16.2. The summed E-state index contributed by atoms with van der Waals surface area (Å²) in [6.07, 6.45) is 0. The van der Waals surface area contributed by atoms with Crippen molar-refractivity contribution in [3.8, 4) is 0 Å². The number of nitrogens with zero attached hydrogens (tertiary/aromatic N) is 3. The second-order valence-electron chi connectivity index (χ2n) is 6.21. The van der Waals surface area contributed by atoms with Gasteiger partial charge in [-0.3, -0.25) is 9.80 Å². The van der Waals surface area contributed by atoms with Crippen LogP contribution in [-0.2, 0) is 11.3 Å². The largest absolute Gasteiger partial charge is 0.309 e. The number of amides is 1. The molecule has 1 heterocycles. The Morgan fingerprint density at radius 1 is 0.846 bits per heavy atom. The average Bonchev–Trinajstić information content (AvgIpc) is 2.94. The normalized spacial score (nSPS) is 14.6. The van der Waals surface area contributed by atoms with Gasteiger partial charge in [0.25, 0.3) is 5.91 Å². The van der Waals surface area contributed by atoms with Crippen LogP contribution in [0.3, 0.4) is 0 Å². The maximum Gasteiger partial charge on any atom is 0.279 e. The Balaban J connectivity index is 1.77. The number of hydrogen-bond acceptors (Lipinski definition) is 3. The number of para-hydroxylation sites is 2. The number of anilines is 2. The van der Waals surface area contributed by atoms with Crippen molar-refractivity contribution >= 4 is 23.0 Å². The lowest BCUT2D eigenvalue weighted by atomic mass is 10.1. The molecule has 0 fully saturated rings. The summed E-state index contributed by atoms with van der Waals surface area (Å²) < 4.78 is 0. The van der Waals surface area contributed by atoms with Crippen molar-refractivity contribution in [2.24, 2.45) is 5.10 Å². The maximum atomic E-state index is 12.7. The zero-order valence-corrected chi connectivity index (χ0v) is 14.5. The number of benzene rings is 3.